The molecular formula is C15H12FN3O3. The molecule has 112 valence electrons. The molecule has 0 saturated heterocycles. The number of nitro groups is 1. The van der Waals surface area contributed by atoms with Crippen LogP contribution in [0.25, 0.3) is 0 Å². The van der Waals surface area contributed by atoms with Crippen LogP contribution >= 0.6 is 0 Å². The number of nitro benzene ring substituents is 1. The largest absolute Gasteiger partial charge is 0.386 e. The third-order valence-electron chi connectivity index (χ3n) is 3.08. The summed E-state index contributed by atoms with van der Waals surface area (Å²) in [6.07, 6.45) is -1.11. The van der Waals surface area contributed by atoms with Gasteiger partial charge in [0.1, 0.15) is 11.9 Å². The van der Waals surface area contributed by atoms with Crippen molar-refractivity contribution in [3.05, 3.63) is 69.5 Å². The van der Waals surface area contributed by atoms with Gasteiger partial charge < -0.3 is 10.4 Å². The number of hydrogen-bond acceptors (Lipinski definition) is 5. The number of benzene rings is 2. The summed E-state index contributed by atoms with van der Waals surface area (Å²) in [6.45, 7) is -0.0343. The number of rotatable bonds is 5. The molecule has 6 nitrogen and oxygen atoms in total. The number of halogens is 1. The van der Waals surface area contributed by atoms with Crippen LogP contribution < -0.4 is 5.32 Å². The van der Waals surface area contributed by atoms with Gasteiger partial charge in [0.15, 0.2) is 0 Å². The van der Waals surface area contributed by atoms with E-state index in [9.17, 15) is 19.6 Å². The zero-order valence-electron chi connectivity index (χ0n) is 11.4. The van der Waals surface area contributed by atoms with Crippen molar-refractivity contribution in [1.29, 1.82) is 5.26 Å². The van der Waals surface area contributed by atoms with Gasteiger partial charge in [-0.3, -0.25) is 10.1 Å². The second-order valence-electron chi connectivity index (χ2n) is 4.52. The molecule has 2 N–H and O–H groups in total. The molecule has 0 aliphatic carbocycles. The molecule has 0 fully saturated rings. The first-order chi connectivity index (χ1) is 10.5. The van der Waals surface area contributed by atoms with E-state index < -0.39 is 16.8 Å². The normalized spacial score (nSPS) is 11.5. The Morgan fingerprint density at radius 1 is 1.36 bits per heavy atom. The number of aliphatic hydroxyl groups excluding tert-OH is 1. The molecule has 2 aromatic rings. The van der Waals surface area contributed by atoms with Crippen LogP contribution in [0.4, 0.5) is 15.8 Å². The summed E-state index contributed by atoms with van der Waals surface area (Å²) in [7, 11) is 0. The van der Waals surface area contributed by atoms with Crippen molar-refractivity contribution in [2.45, 2.75) is 6.10 Å². The highest BCUT2D eigenvalue weighted by molar-refractivity contribution is 5.61. The Hall–Kier alpha value is -2.98. The number of anilines is 1. The summed E-state index contributed by atoms with van der Waals surface area (Å²) in [5.41, 5.74) is 0.352. The molecule has 22 heavy (non-hydrogen) atoms. The highest BCUT2D eigenvalue weighted by Crippen LogP contribution is 2.23. The lowest BCUT2D eigenvalue weighted by Crippen LogP contribution is -2.14. The molecule has 2 rings (SSSR count). The van der Waals surface area contributed by atoms with Gasteiger partial charge in [-0.15, -0.1) is 0 Å². The van der Waals surface area contributed by atoms with Gasteiger partial charge in [0.25, 0.3) is 5.69 Å². The van der Waals surface area contributed by atoms with Crippen LogP contribution in [0.5, 0.6) is 0 Å². The van der Waals surface area contributed by atoms with Crippen molar-refractivity contribution in [2.24, 2.45) is 0 Å². The fourth-order valence-electron chi connectivity index (χ4n) is 1.95. The number of nitrogens with one attached hydrogen (secondary N) is 1. The maximum atomic E-state index is 13.5. The summed E-state index contributed by atoms with van der Waals surface area (Å²) >= 11 is 0. The highest BCUT2D eigenvalue weighted by Gasteiger charge is 2.14. The molecule has 0 saturated carbocycles. The first kappa shape index (κ1) is 15.4. The van der Waals surface area contributed by atoms with Crippen LogP contribution in [0.15, 0.2) is 42.5 Å². The Kier molecular flexibility index (Phi) is 4.66. The van der Waals surface area contributed by atoms with E-state index in [1.54, 1.807) is 6.07 Å². The van der Waals surface area contributed by atoms with E-state index in [4.69, 9.17) is 5.26 Å². The van der Waals surface area contributed by atoms with Gasteiger partial charge in [0.05, 0.1) is 22.3 Å². The van der Waals surface area contributed by atoms with Crippen molar-refractivity contribution in [2.75, 3.05) is 11.9 Å². The minimum absolute atomic E-state index is 0.0343. The smallest absolute Gasteiger partial charge is 0.270 e. The maximum Gasteiger partial charge on any atom is 0.270 e. The summed E-state index contributed by atoms with van der Waals surface area (Å²) in [5, 5.41) is 32.4. The van der Waals surface area contributed by atoms with Crippen molar-refractivity contribution >= 4 is 11.4 Å². The predicted molar refractivity (Wildman–Crippen MR) is 77.7 cm³/mol. The molecule has 0 amide bonds. The van der Waals surface area contributed by atoms with Crippen molar-refractivity contribution in [1.82, 2.24) is 0 Å². The van der Waals surface area contributed by atoms with Crippen molar-refractivity contribution < 1.29 is 14.4 Å². The van der Waals surface area contributed by atoms with Crippen molar-refractivity contribution in [3.8, 4) is 6.07 Å². The minimum Gasteiger partial charge on any atom is -0.386 e. The Balaban J connectivity index is 2.13. The van der Waals surface area contributed by atoms with Gasteiger partial charge in [-0.05, 0) is 12.1 Å². The van der Waals surface area contributed by atoms with Gasteiger partial charge in [-0.1, -0.05) is 18.2 Å². The van der Waals surface area contributed by atoms with Gasteiger partial charge in [-0.2, -0.15) is 5.26 Å². The van der Waals surface area contributed by atoms with E-state index in [1.165, 1.54) is 30.3 Å². The highest BCUT2D eigenvalue weighted by atomic mass is 19.1. The average molecular weight is 301 g/mol. The molecule has 0 heterocycles. The molecule has 0 aromatic heterocycles. The number of non-ortho nitro benzene ring substituents is 1. The molecule has 0 aliphatic heterocycles. The third kappa shape index (κ3) is 3.37. The van der Waals surface area contributed by atoms with E-state index in [2.05, 4.69) is 5.32 Å². The van der Waals surface area contributed by atoms with Crippen LogP contribution in [-0.2, 0) is 0 Å². The van der Waals surface area contributed by atoms with E-state index in [0.29, 0.717) is 5.69 Å². The second-order valence-corrected chi connectivity index (χ2v) is 4.52. The third-order valence-corrected chi connectivity index (χ3v) is 3.08. The van der Waals surface area contributed by atoms with Crippen LogP contribution in [0.2, 0.25) is 0 Å². The van der Waals surface area contributed by atoms with Crippen LogP contribution in [0.1, 0.15) is 17.2 Å². The Bertz CT molecular complexity index is 743. The molecule has 0 bridgehead atoms. The van der Waals surface area contributed by atoms with Crippen LogP contribution in [-0.4, -0.2) is 16.6 Å². The quantitative estimate of drug-likeness (QED) is 0.653. The van der Waals surface area contributed by atoms with Gasteiger partial charge in [-0.25, -0.2) is 4.39 Å². The van der Waals surface area contributed by atoms with E-state index in [-0.39, 0.29) is 23.4 Å². The van der Waals surface area contributed by atoms with Gasteiger partial charge in [0.2, 0.25) is 0 Å². The van der Waals surface area contributed by atoms with E-state index in [0.717, 1.165) is 6.07 Å². The number of nitrogens with zero attached hydrogens (tertiary/aromatic N) is 2. The molecule has 0 aliphatic rings. The van der Waals surface area contributed by atoms with Crippen molar-refractivity contribution in [3.63, 3.8) is 0 Å². The van der Waals surface area contributed by atoms with E-state index >= 15 is 0 Å². The standard InChI is InChI=1S/C15H12FN3O3/c16-13-4-2-1-3-12(13)15(20)9-18-14-6-5-11(19(21)22)7-10(14)8-17/h1-7,15,18,20H,9H2/t15-/m0/s1. The molecular weight excluding hydrogens is 289 g/mol. The summed E-state index contributed by atoms with van der Waals surface area (Å²) < 4.78 is 13.5. The number of nitriles is 1. The maximum absolute atomic E-state index is 13.5. The Morgan fingerprint density at radius 3 is 2.73 bits per heavy atom. The average Bonchev–Trinajstić information content (AvgIpc) is 2.52. The van der Waals surface area contributed by atoms with Crippen LogP contribution in [0.3, 0.4) is 0 Å². The SMILES string of the molecule is N#Cc1cc([N+](=O)[O-])ccc1NC[C@H](O)c1ccccc1F. The molecule has 0 spiro atoms. The number of hydrogen-bond donors (Lipinski definition) is 2. The zero-order valence-corrected chi connectivity index (χ0v) is 11.4. The topological polar surface area (TPSA) is 99.2 Å². The van der Waals surface area contributed by atoms with E-state index in [1.807, 2.05) is 6.07 Å². The fourth-order valence-corrected chi connectivity index (χ4v) is 1.95. The first-order valence-electron chi connectivity index (χ1n) is 6.38. The Labute approximate surface area is 125 Å². The lowest BCUT2D eigenvalue weighted by Gasteiger charge is -2.14. The minimum atomic E-state index is -1.11. The lowest BCUT2D eigenvalue weighted by atomic mass is 10.1. The monoisotopic (exact) mass is 301 g/mol. The molecule has 0 radical (unpaired) electrons. The van der Waals surface area contributed by atoms with Gasteiger partial charge in [0, 0.05) is 24.2 Å². The fraction of sp³-hybridized carbons (Fsp3) is 0.133. The molecule has 7 heteroatoms. The lowest BCUT2D eigenvalue weighted by molar-refractivity contribution is -0.384. The second kappa shape index (κ2) is 6.65. The summed E-state index contributed by atoms with van der Waals surface area (Å²) in [6, 6.07) is 11.4. The summed E-state index contributed by atoms with van der Waals surface area (Å²) in [5.74, 6) is -0.527. The Morgan fingerprint density at radius 2 is 2.09 bits per heavy atom. The molecule has 0 unspecified atom stereocenters. The molecule has 1 atom stereocenters. The first-order valence-corrected chi connectivity index (χ1v) is 6.38. The predicted octanol–water partition coefficient (Wildman–Crippen LogP) is 2.75. The molecule has 2 aromatic carbocycles. The number of aliphatic hydroxyl groups is 1. The van der Waals surface area contributed by atoms with Crippen LogP contribution in [0, 0.1) is 27.3 Å². The zero-order chi connectivity index (χ0) is 16.1. The van der Waals surface area contributed by atoms with Gasteiger partial charge >= 0.3 is 0 Å². The summed E-state index contributed by atoms with van der Waals surface area (Å²) in [4.78, 5) is 10.1.